The first kappa shape index (κ1) is 17.8. The van der Waals surface area contributed by atoms with E-state index in [0.717, 1.165) is 23.3 Å². The molecule has 1 amide bonds. The quantitative estimate of drug-likeness (QED) is 0.632. The van der Waals surface area contributed by atoms with Gasteiger partial charge in [0, 0.05) is 31.6 Å². The van der Waals surface area contributed by atoms with Gasteiger partial charge in [0.25, 0.3) is 0 Å². The van der Waals surface area contributed by atoms with Crippen molar-refractivity contribution in [3.05, 3.63) is 54.0 Å². The summed E-state index contributed by atoms with van der Waals surface area (Å²) in [6, 6.07) is 9.91. The Morgan fingerprint density at radius 1 is 1.31 bits per heavy atom. The zero-order chi connectivity index (χ0) is 18.4. The fraction of sp³-hybridized carbons (Fsp3) is 0.368. The van der Waals surface area contributed by atoms with E-state index in [1.807, 2.05) is 30.3 Å². The van der Waals surface area contributed by atoms with Gasteiger partial charge < -0.3 is 24.7 Å². The predicted octanol–water partition coefficient (Wildman–Crippen LogP) is 1.93. The number of hydrogen-bond acceptors (Lipinski definition) is 4. The SMILES string of the molecule is CN(C)C(=O)CNC(=NCc1ccoc1)NC1CCOc2ccccc21. The molecule has 2 aromatic rings. The summed E-state index contributed by atoms with van der Waals surface area (Å²) in [5.41, 5.74) is 2.06. The van der Waals surface area contributed by atoms with Gasteiger partial charge in [-0.25, -0.2) is 4.99 Å². The summed E-state index contributed by atoms with van der Waals surface area (Å²) in [5.74, 6) is 1.45. The van der Waals surface area contributed by atoms with Crippen molar-refractivity contribution in [2.24, 2.45) is 4.99 Å². The highest BCUT2D eigenvalue weighted by atomic mass is 16.5. The van der Waals surface area contributed by atoms with E-state index < -0.39 is 0 Å². The van der Waals surface area contributed by atoms with Crippen molar-refractivity contribution in [2.75, 3.05) is 27.2 Å². The molecule has 3 rings (SSSR count). The second kappa shape index (κ2) is 8.42. The fourth-order valence-electron chi connectivity index (χ4n) is 2.68. The second-order valence-electron chi connectivity index (χ2n) is 6.31. The van der Waals surface area contributed by atoms with Crippen LogP contribution in [0.15, 0.2) is 52.3 Å². The summed E-state index contributed by atoms with van der Waals surface area (Å²) in [6.07, 6.45) is 4.11. The van der Waals surface area contributed by atoms with E-state index in [1.165, 1.54) is 0 Å². The van der Waals surface area contributed by atoms with E-state index in [0.29, 0.717) is 19.1 Å². The molecule has 0 fully saturated rings. The van der Waals surface area contributed by atoms with Crippen LogP contribution in [0.1, 0.15) is 23.6 Å². The predicted molar refractivity (Wildman–Crippen MR) is 99.0 cm³/mol. The normalized spacial score (nSPS) is 16.4. The molecule has 1 aromatic carbocycles. The number of nitrogens with one attached hydrogen (secondary N) is 2. The molecular weight excluding hydrogens is 332 g/mol. The first-order chi connectivity index (χ1) is 12.6. The molecule has 0 saturated heterocycles. The van der Waals surface area contributed by atoms with Gasteiger partial charge in [-0.15, -0.1) is 0 Å². The zero-order valence-corrected chi connectivity index (χ0v) is 15.1. The van der Waals surface area contributed by atoms with Crippen LogP contribution in [0, 0.1) is 0 Å². The summed E-state index contributed by atoms with van der Waals surface area (Å²) in [4.78, 5) is 18.0. The Labute approximate surface area is 153 Å². The van der Waals surface area contributed by atoms with Crippen molar-refractivity contribution in [1.29, 1.82) is 0 Å². The number of aliphatic imine (C=N–C) groups is 1. The molecule has 2 N–H and O–H groups in total. The summed E-state index contributed by atoms with van der Waals surface area (Å²) in [5, 5.41) is 6.54. The lowest BCUT2D eigenvalue weighted by Gasteiger charge is -2.28. The van der Waals surface area contributed by atoms with Gasteiger partial charge in [-0.05, 0) is 12.1 Å². The van der Waals surface area contributed by atoms with Crippen molar-refractivity contribution in [2.45, 2.75) is 19.0 Å². The lowest BCUT2D eigenvalue weighted by Crippen LogP contribution is -2.45. The molecule has 7 nitrogen and oxygen atoms in total. The molecule has 0 saturated carbocycles. The molecule has 0 spiro atoms. The monoisotopic (exact) mass is 356 g/mol. The Balaban J connectivity index is 1.72. The molecule has 0 bridgehead atoms. The number of carbonyl (C=O) groups is 1. The number of rotatable bonds is 5. The van der Waals surface area contributed by atoms with Crippen LogP contribution < -0.4 is 15.4 Å². The van der Waals surface area contributed by atoms with Crippen molar-refractivity contribution in [3.63, 3.8) is 0 Å². The standard InChI is InChI=1S/C19H24N4O3/c1-23(2)18(24)12-21-19(20-11-14-7-9-25-13-14)22-16-8-10-26-17-6-4-3-5-15(16)17/h3-7,9,13,16H,8,10-12H2,1-2H3,(H2,20,21,22). The summed E-state index contributed by atoms with van der Waals surface area (Å²) in [7, 11) is 3.46. The van der Waals surface area contributed by atoms with Crippen LogP contribution in [0.25, 0.3) is 0 Å². The third-order valence-electron chi connectivity index (χ3n) is 4.18. The smallest absolute Gasteiger partial charge is 0.241 e. The van der Waals surface area contributed by atoms with Gasteiger partial charge >= 0.3 is 0 Å². The molecule has 138 valence electrons. The topological polar surface area (TPSA) is 79.1 Å². The van der Waals surface area contributed by atoms with Crippen molar-refractivity contribution < 1.29 is 13.9 Å². The van der Waals surface area contributed by atoms with Crippen LogP contribution in [0.5, 0.6) is 5.75 Å². The third kappa shape index (κ3) is 4.56. The Bertz CT molecular complexity index is 756. The van der Waals surface area contributed by atoms with E-state index in [1.54, 1.807) is 31.5 Å². The van der Waals surface area contributed by atoms with Crippen LogP contribution >= 0.6 is 0 Å². The Morgan fingerprint density at radius 3 is 2.92 bits per heavy atom. The van der Waals surface area contributed by atoms with Crippen LogP contribution in [-0.4, -0.2) is 44.0 Å². The summed E-state index contributed by atoms with van der Waals surface area (Å²) < 4.78 is 10.8. The van der Waals surface area contributed by atoms with Crippen molar-refractivity contribution in [1.82, 2.24) is 15.5 Å². The molecule has 1 aromatic heterocycles. The van der Waals surface area contributed by atoms with Crippen LogP contribution in [0.4, 0.5) is 0 Å². The van der Waals surface area contributed by atoms with E-state index >= 15 is 0 Å². The minimum atomic E-state index is -0.0183. The lowest BCUT2D eigenvalue weighted by atomic mass is 10.0. The first-order valence-electron chi connectivity index (χ1n) is 8.61. The number of hydrogen-bond donors (Lipinski definition) is 2. The Morgan fingerprint density at radius 2 is 2.15 bits per heavy atom. The summed E-state index contributed by atoms with van der Waals surface area (Å²) in [6.45, 7) is 1.28. The van der Waals surface area contributed by atoms with E-state index in [4.69, 9.17) is 9.15 Å². The van der Waals surface area contributed by atoms with Gasteiger partial charge in [-0.3, -0.25) is 4.79 Å². The van der Waals surface area contributed by atoms with Gasteiger partial charge in [0.1, 0.15) is 5.75 Å². The van der Waals surface area contributed by atoms with Gasteiger partial charge in [-0.1, -0.05) is 18.2 Å². The van der Waals surface area contributed by atoms with Gasteiger partial charge in [0.2, 0.25) is 5.91 Å². The number of amides is 1. The van der Waals surface area contributed by atoms with Gasteiger partial charge in [0.05, 0.1) is 38.3 Å². The largest absolute Gasteiger partial charge is 0.493 e. The molecule has 1 unspecified atom stereocenters. The average Bonchev–Trinajstić information content (AvgIpc) is 3.17. The number of furan rings is 1. The molecule has 0 radical (unpaired) electrons. The number of para-hydroxylation sites is 1. The molecule has 0 aliphatic carbocycles. The zero-order valence-electron chi connectivity index (χ0n) is 15.1. The van der Waals surface area contributed by atoms with E-state index in [-0.39, 0.29) is 18.5 Å². The molecule has 1 atom stereocenters. The Hall–Kier alpha value is -2.96. The number of carbonyl (C=O) groups excluding carboxylic acids is 1. The maximum Gasteiger partial charge on any atom is 0.241 e. The molecule has 26 heavy (non-hydrogen) atoms. The first-order valence-corrected chi connectivity index (χ1v) is 8.61. The number of likely N-dealkylation sites (N-methyl/N-ethyl adjacent to an activating group) is 1. The molecule has 1 aliphatic heterocycles. The minimum Gasteiger partial charge on any atom is -0.493 e. The number of ether oxygens (including phenoxy) is 1. The van der Waals surface area contributed by atoms with E-state index in [9.17, 15) is 4.79 Å². The lowest BCUT2D eigenvalue weighted by molar-refractivity contribution is -0.127. The number of guanidine groups is 1. The molecular formula is C19H24N4O3. The second-order valence-corrected chi connectivity index (χ2v) is 6.31. The highest BCUT2D eigenvalue weighted by molar-refractivity contribution is 5.86. The minimum absolute atomic E-state index is 0.0183. The number of fused-ring (bicyclic) bond motifs is 1. The molecule has 7 heteroatoms. The van der Waals surface area contributed by atoms with Crippen LogP contribution in [0.3, 0.4) is 0 Å². The summed E-state index contributed by atoms with van der Waals surface area (Å²) >= 11 is 0. The van der Waals surface area contributed by atoms with Gasteiger partial charge in [-0.2, -0.15) is 0 Å². The Kier molecular flexibility index (Phi) is 5.78. The highest BCUT2D eigenvalue weighted by Crippen LogP contribution is 2.31. The van der Waals surface area contributed by atoms with Crippen molar-refractivity contribution >= 4 is 11.9 Å². The van der Waals surface area contributed by atoms with Gasteiger partial charge in [0.15, 0.2) is 5.96 Å². The van der Waals surface area contributed by atoms with Crippen LogP contribution in [0.2, 0.25) is 0 Å². The average molecular weight is 356 g/mol. The van der Waals surface area contributed by atoms with Crippen LogP contribution in [-0.2, 0) is 11.3 Å². The molecule has 2 heterocycles. The maximum absolute atomic E-state index is 11.9. The third-order valence-corrected chi connectivity index (χ3v) is 4.18. The maximum atomic E-state index is 11.9. The van der Waals surface area contributed by atoms with Crippen molar-refractivity contribution in [3.8, 4) is 5.75 Å². The molecule has 1 aliphatic rings. The van der Waals surface area contributed by atoms with E-state index in [2.05, 4.69) is 15.6 Å². The highest BCUT2D eigenvalue weighted by Gasteiger charge is 2.22. The fourth-order valence-corrected chi connectivity index (χ4v) is 2.68. The number of benzene rings is 1. The number of nitrogens with zero attached hydrogens (tertiary/aromatic N) is 2.